The highest BCUT2D eigenvalue weighted by Crippen LogP contribution is 2.34. The summed E-state index contributed by atoms with van der Waals surface area (Å²) in [5, 5.41) is 5.65. The number of pyridine rings is 1. The van der Waals surface area contributed by atoms with Crippen molar-refractivity contribution in [2.45, 2.75) is 25.9 Å². The van der Waals surface area contributed by atoms with E-state index >= 15 is 0 Å². The van der Waals surface area contributed by atoms with Crippen LogP contribution in [0.2, 0.25) is 0 Å². The van der Waals surface area contributed by atoms with Crippen LogP contribution in [-0.2, 0) is 23.0 Å². The molecule has 3 heterocycles. The fourth-order valence-electron chi connectivity index (χ4n) is 3.55. The molecular formula is C20H20N4O3S2. The Morgan fingerprint density at radius 2 is 2.03 bits per heavy atom. The average molecular weight is 429 g/mol. The van der Waals surface area contributed by atoms with Gasteiger partial charge in [0.05, 0.1) is 24.2 Å². The van der Waals surface area contributed by atoms with Gasteiger partial charge in [0.15, 0.2) is 0 Å². The zero-order chi connectivity index (χ0) is 20.6. The average Bonchev–Trinajstić information content (AvgIpc) is 3.29. The Bertz CT molecular complexity index is 1160. The van der Waals surface area contributed by atoms with Crippen molar-refractivity contribution in [1.82, 2.24) is 15.3 Å². The van der Waals surface area contributed by atoms with Gasteiger partial charge in [-0.05, 0) is 49.2 Å². The van der Waals surface area contributed by atoms with E-state index in [1.54, 1.807) is 30.6 Å². The number of benzene rings is 1. The summed E-state index contributed by atoms with van der Waals surface area (Å²) in [5.41, 5.74) is 3.87. The molecule has 1 amide bonds. The number of hydrogen-bond acceptors (Lipinski definition) is 6. The first-order valence-corrected chi connectivity index (χ1v) is 11.8. The van der Waals surface area contributed by atoms with Crippen LogP contribution in [0.25, 0.3) is 11.3 Å². The second-order valence-electron chi connectivity index (χ2n) is 7.00. The minimum Gasteiger partial charge on any atom is -0.346 e. The number of thiazole rings is 1. The molecule has 0 aliphatic carbocycles. The van der Waals surface area contributed by atoms with Gasteiger partial charge in [0.1, 0.15) is 5.01 Å². The monoisotopic (exact) mass is 428 g/mol. The zero-order valence-corrected chi connectivity index (χ0v) is 17.6. The van der Waals surface area contributed by atoms with Crippen molar-refractivity contribution in [2.24, 2.45) is 0 Å². The molecule has 0 saturated carbocycles. The minimum atomic E-state index is -3.34. The number of carbonyl (C=O) groups excluding carboxylic acids is 1. The molecule has 1 aliphatic rings. The predicted molar refractivity (Wildman–Crippen MR) is 113 cm³/mol. The van der Waals surface area contributed by atoms with Gasteiger partial charge in [0, 0.05) is 34.9 Å². The first kappa shape index (κ1) is 19.5. The second-order valence-corrected chi connectivity index (χ2v) is 9.80. The molecule has 0 spiro atoms. The van der Waals surface area contributed by atoms with E-state index < -0.39 is 10.0 Å². The molecule has 1 aliphatic heterocycles. The molecule has 0 radical (unpaired) electrons. The van der Waals surface area contributed by atoms with Crippen LogP contribution in [0, 0.1) is 0 Å². The number of sulfonamides is 1. The molecule has 1 atom stereocenters. The van der Waals surface area contributed by atoms with Crippen LogP contribution in [0.3, 0.4) is 0 Å². The SMILES string of the molecule is CC1Cc2cc(C(=O)NCc3nc(-c4ccncc4)cs3)ccc2N1S(C)(=O)=O. The van der Waals surface area contributed by atoms with Crippen LogP contribution < -0.4 is 9.62 Å². The smallest absolute Gasteiger partial charge is 0.251 e. The van der Waals surface area contributed by atoms with Crippen LogP contribution in [-0.4, -0.2) is 36.6 Å². The molecule has 150 valence electrons. The van der Waals surface area contributed by atoms with Gasteiger partial charge in [-0.25, -0.2) is 13.4 Å². The summed E-state index contributed by atoms with van der Waals surface area (Å²) in [6.07, 6.45) is 5.23. The number of aromatic nitrogens is 2. The van der Waals surface area contributed by atoms with E-state index in [9.17, 15) is 13.2 Å². The quantitative estimate of drug-likeness (QED) is 0.675. The van der Waals surface area contributed by atoms with Gasteiger partial charge in [-0.2, -0.15) is 0 Å². The summed E-state index contributed by atoms with van der Waals surface area (Å²) in [6.45, 7) is 2.20. The van der Waals surface area contributed by atoms with Gasteiger partial charge in [-0.15, -0.1) is 11.3 Å². The van der Waals surface area contributed by atoms with Gasteiger partial charge in [-0.3, -0.25) is 14.1 Å². The molecule has 1 N–H and O–H groups in total. The number of nitrogens with one attached hydrogen (secondary N) is 1. The van der Waals surface area contributed by atoms with Crippen LogP contribution in [0.4, 0.5) is 5.69 Å². The third-order valence-electron chi connectivity index (χ3n) is 4.78. The van der Waals surface area contributed by atoms with Crippen molar-refractivity contribution in [3.05, 3.63) is 64.2 Å². The van der Waals surface area contributed by atoms with Crippen molar-refractivity contribution < 1.29 is 13.2 Å². The van der Waals surface area contributed by atoms with Crippen LogP contribution in [0.5, 0.6) is 0 Å². The van der Waals surface area contributed by atoms with Gasteiger partial charge in [0.25, 0.3) is 5.91 Å². The van der Waals surface area contributed by atoms with Crippen LogP contribution in [0.15, 0.2) is 48.1 Å². The normalized spacial score (nSPS) is 15.9. The molecule has 4 rings (SSSR count). The first-order chi connectivity index (χ1) is 13.8. The van der Waals surface area contributed by atoms with Crippen molar-refractivity contribution in [1.29, 1.82) is 0 Å². The van der Waals surface area contributed by atoms with Crippen molar-refractivity contribution in [3.8, 4) is 11.3 Å². The Labute approximate surface area is 173 Å². The lowest BCUT2D eigenvalue weighted by atomic mass is 10.1. The van der Waals surface area contributed by atoms with Gasteiger partial charge in [-0.1, -0.05) is 0 Å². The third-order valence-corrected chi connectivity index (χ3v) is 6.90. The highest BCUT2D eigenvalue weighted by molar-refractivity contribution is 7.92. The largest absolute Gasteiger partial charge is 0.346 e. The summed E-state index contributed by atoms with van der Waals surface area (Å²) < 4.78 is 25.5. The number of carbonyl (C=O) groups is 1. The molecular weight excluding hydrogens is 408 g/mol. The second kappa shape index (κ2) is 7.57. The Balaban J connectivity index is 1.45. The van der Waals surface area contributed by atoms with E-state index in [1.807, 2.05) is 24.4 Å². The molecule has 9 heteroatoms. The summed E-state index contributed by atoms with van der Waals surface area (Å²) >= 11 is 1.49. The fraction of sp³-hybridized carbons (Fsp3) is 0.250. The Morgan fingerprint density at radius 3 is 2.76 bits per heavy atom. The number of fused-ring (bicyclic) bond motifs is 1. The van der Waals surface area contributed by atoms with Crippen LogP contribution >= 0.6 is 11.3 Å². The van der Waals surface area contributed by atoms with E-state index in [0.717, 1.165) is 21.8 Å². The van der Waals surface area contributed by atoms with Gasteiger partial charge < -0.3 is 5.32 Å². The molecule has 0 saturated heterocycles. The zero-order valence-electron chi connectivity index (χ0n) is 16.0. The summed E-state index contributed by atoms with van der Waals surface area (Å²) in [6, 6.07) is 8.77. The topological polar surface area (TPSA) is 92.3 Å². The maximum atomic E-state index is 12.6. The molecule has 3 aromatic rings. The van der Waals surface area contributed by atoms with E-state index in [-0.39, 0.29) is 11.9 Å². The Hall–Kier alpha value is -2.78. The molecule has 1 unspecified atom stereocenters. The number of rotatable bonds is 5. The fourth-order valence-corrected chi connectivity index (χ4v) is 5.56. The molecule has 1 aromatic carbocycles. The number of nitrogens with zero attached hydrogens (tertiary/aromatic N) is 3. The third kappa shape index (κ3) is 4.01. The number of hydrogen-bond donors (Lipinski definition) is 1. The summed E-state index contributed by atoms with van der Waals surface area (Å²) in [7, 11) is -3.34. The highest BCUT2D eigenvalue weighted by Gasteiger charge is 2.32. The maximum absolute atomic E-state index is 12.6. The summed E-state index contributed by atoms with van der Waals surface area (Å²) in [4.78, 5) is 21.1. The number of anilines is 1. The van der Waals surface area contributed by atoms with E-state index in [0.29, 0.717) is 24.2 Å². The lowest BCUT2D eigenvalue weighted by molar-refractivity contribution is 0.0951. The molecule has 0 fully saturated rings. The van der Waals surface area contributed by atoms with Crippen molar-refractivity contribution >= 4 is 33.0 Å². The van der Waals surface area contributed by atoms with Crippen LogP contribution in [0.1, 0.15) is 27.9 Å². The highest BCUT2D eigenvalue weighted by atomic mass is 32.2. The van der Waals surface area contributed by atoms with E-state index in [4.69, 9.17) is 0 Å². The van der Waals surface area contributed by atoms with Crippen molar-refractivity contribution in [2.75, 3.05) is 10.6 Å². The summed E-state index contributed by atoms with van der Waals surface area (Å²) in [5.74, 6) is -0.209. The lowest BCUT2D eigenvalue weighted by Gasteiger charge is -2.21. The minimum absolute atomic E-state index is 0.153. The Kier molecular flexibility index (Phi) is 5.10. The maximum Gasteiger partial charge on any atom is 0.251 e. The molecule has 7 nitrogen and oxygen atoms in total. The Morgan fingerprint density at radius 1 is 1.28 bits per heavy atom. The number of amides is 1. The predicted octanol–water partition coefficient (Wildman–Crippen LogP) is 2.85. The molecule has 29 heavy (non-hydrogen) atoms. The van der Waals surface area contributed by atoms with Gasteiger partial charge in [0.2, 0.25) is 10.0 Å². The van der Waals surface area contributed by atoms with Gasteiger partial charge >= 0.3 is 0 Å². The standard InChI is InChI=1S/C20H20N4O3S2/c1-13-9-16-10-15(3-4-18(16)24(13)29(2,26)27)20(25)22-11-19-23-17(12-28-19)14-5-7-21-8-6-14/h3-8,10,12-13H,9,11H2,1-2H3,(H,22,25). The van der Waals surface area contributed by atoms with Crippen molar-refractivity contribution in [3.63, 3.8) is 0 Å². The molecule has 0 bridgehead atoms. The lowest BCUT2D eigenvalue weighted by Crippen LogP contribution is -2.34. The first-order valence-electron chi connectivity index (χ1n) is 9.08. The molecule has 2 aromatic heterocycles. The van der Waals surface area contributed by atoms with E-state index in [2.05, 4.69) is 15.3 Å². The van der Waals surface area contributed by atoms with E-state index in [1.165, 1.54) is 21.9 Å².